The topological polar surface area (TPSA) is 66.0 Å². The van der Waals surface area contributed by atoms with Gasteiger partial charge in [0.15, 0.2) is 0 Å². The Hall–Kier alpha value is -3.81. The van der Waals surface area contributed by atoms with E-state index < -0.39 is 5.97 Å². The number of hydrogen-bond donors (Lipinski definition) is 1. The lowest BCUT2D eigenvalue weighted by Crippen LogP contribution is -1.97. The molecule has 4 rings (SSSR count). The number of aryl methyl sites for hydroxylation is 1. The van der Waals surface area contributed by atoms with Crippen LogP contribution in [0.2, 0.25) is 5.02 Å². The van der Waals surface area contributed by atoms with Gasteiger partial charge in [-0.2, -0.15) is 5.26 Å². The van der Waals surface area contributed by atoms with Crippen LogP contribution in [-0.2, 0) is 6.54 Å². The SMILES string of the molecule is Cc1ccc(Cn2cc(/C=C(\C#N)c3ccc(C(=O)O)cc3)c3ccc(Cl)cc32)cc1. The summed E-state index contributed by atoms with van der Waals surface area (Å²) in [7, 11) is 0. The van der Waals surface area contributed by atoms with Crippen LogP contribution in [0.15, 0.2) is 72.9 Å². The number of carboxylic acid groups (broad SMARTS) is 1. The van der Waals surface area contributed by atoms with Crippen molar-refractivity contribution in [1.29, 1.82) is 5.26 Å². The van der Waals surface area contributed by atoms with Crippen molar-refractivity contribution >= 4 is 40.1 Å². The zero-order valence-corrected chi connectivity index (χ0v) is 17.6. The number of rotatable bonds is 5. The zero-order chi connectivity index (χ0) is 22.0. The molecule has 0 aliphatic rings. The molecular formula is C26H19ClN2O2. The average molecular weight is 427 g/mol. The second-order valence-corrected chi connectivity index (χ2v) is 7.85. The minimum absolute atomic E-state index is 0.186. The van der Waals surface area contributed by atoms with Crippen molar-refractivity contribution in [3.8, 4) is 6.07 Å². The number of fused-ring (bicyclic) bond motifs is 1. The van der Waals surface area contributed by atoms with Crippen molar-refractivity contribution < 1.29 is 9.90 Å². The number of hydrogen-bond acceptors (Lipinski definition) is 2. The zero-order valence-electron chi connectivity index (χ0n) is 16.8. The van der Waals surface area contributed by atoms with Crippen molar-refractivity contribution in [3.05, 3.63) is 106 Å². The van der Waals surface area contributed by atoms with Crippen molar-refractivity contribution in [2.45, 2.75) is 13.5 Å². The summed E-state index contributed by atoms with van der Waals surface area (Å²) in [6, 6.07) is 22.6. The Labute approximate surface area is 185 Å². The number of nitrogens with zero attached hydrogens (tertiary/aromatic N) is 2. The molecule has 0 fully saturated rings. The third-order valence-corrected chi connectivity index (χ3v) is 5.45. The van der Waals surface area contributed by atoms with E-state index in [1.807, 2.05) is 30.5 Å². The molecule has 3 aromatic carbocycles. The van der Waals surface area contributed by atoms with Crippen molar-refractivity contribution in [2.75, 3.05) is 0 Å². The molecule has 0 spiro atoms. The molecule has 5 heteroatoms. The van der Waals surface area contributed by atoms with E-state index in [4.69, 9.17) is 16.7 Å². The third-order valence-electron chi connectivity index (χ3n) is 5.21. The molecule has 4 nitrogen and oxygen atoms in total. The first kappa shape index (κ1) is 20.5. The van der Waals surface area contributed by atoms with Gasteiger partial charge in [-0.15, -0.1) is 0 Å². The predicted molar refractivity (Wildman–Crippen MR) is 124 cm³/mol. The molecule has 0 bridgehead atoms. The lowest BCUT2D eigenvalue weighted by atomic mass is 10.0. The molecular weight excluding hydrogens is 408 g/mol. The standard InChI is InChI=1S/C26H19ClN2O2/c1-17-2-4-18(5-3-17)15-29-16-22(24-11-10-23(27)13-25(24)29)12-21(14-28)19-6-8-20(9-7-19)26(30)31/h2-13,16H,15H2,1H3,(H,30,31)/b21-12+. The highest BCUT2D eigenvalue weighted by molar-refractivity contribution is 6.31. The summed E-state index contributed by atoms with van der Waals surface area (Å²) < 4.78 is 2.13. The van der Waals surface area contributed by atoms with Crippen molar-refractivity contribution in [1.82, 2.24) is 4.57 Å². The summed E-state index contributed by atoms with van der Waals surface area (Å²) in [4.78, 5) is 11.1. The average Bonchev–Trinajstić information content (AvgIpc) is 3.09. The van der Waals surface area contributed by atoms with Gasteiger partial charge in [-0.3, -0.25) is 0 Å². The first-order valence-electron chi connectivity index (χ1n) is 9.74. The Balaban J connectivity index is 1.78. The predicted octanol–water partition coefficient (Wildman–Crippen LogP) is 6.41. The molecule has 0 aliphatic carbocycles. The van der Waals surface area contributed by atoms with E-state index in [1.54, 1.807) is 12.1 Å². The Morgan fingerprint density at radius 2 is 1.74 bits per heavy atom. The van der Waals surface area contributed by atoms with Crippen LogP contribution >= 0.6 is 11.6 Å². The minimum Gasteiger partial charge on any atom is -0.478 e. The van der Waals surface area contributed by atoms with Gasteiger partial charge in [0, 0.05) is 28.7 Å². The number of benzene rings is 3. The summed E-state index contributed by atoms with van der Waals surface area (Å²) >= 11 is 6.26. The van der Waals surface area contributed by atoms with Gasteiger partial charge in [0.2, 0.25) is 0 Å². The summed E-state index contributed by atoms with van der Waals surface area (Å²) in [5.41, 5.74) is 5.58. The molecule has 152 valence electrons. The Morgan fingerprint density at radius 3 is 2.39 bits per heavy atom. The van der Waals surface area contributed by atoms with Crippen LogP contribution < -0.4 is 0 Å². The van der Waals surface area contributed by atoms with Crippen molar-refractivity contribution in [2.24, 2.45) is 0 Å². The number of halogens is 1. The van der Waals surface area contributed by atoms with E-state index in [1.165, 1.54) is 23.3 Å². The molecule has 0 aliphatic heterocycles. The van der Waals surface area contributed by atoms with Gasteiger partial charge in [-0.1, -0.05) is 59.6 Å². The fraction of sp³-hybridized carbons (Fsp3) is 0.0769. The van der Waals surface area contributed by atoms with E-state index in [-0.39, 0.29) is 5.56 Å². The Kier molecular flexibility index (Phi) is 5.62. The Morgan fingerprint density at radius 1 is 1.06 bits per heavy atom. The maximum absolute atomic E-state index is 11.1. The molecule has 0 amide bonds. The second kappa shape index (κ2) is 8.51. The van der Waals surface area contributed by atoms with Crippen LogP contribution in [-0.4, -0.2) is 15.6 Å². The van der Waals surface area contributed by atoms with E-state index >= 15 is 0 Å². The highest BCUT2D eigenvalue weighted by Crippen LogP contribution is 2.29. The first-order valence-corrected chi connectivity index (χ1v) is 10.1. The highest BCUT2D eigenvalue weighted by atomic mass is 35.5. The number of aromatic carboxylic acids is 1. The van der Waals surface area contributed by atoms with Gasteiger partial charge in [-0.05, 0) is 48.4 Å². The molecule has 1 heterocycles. The molecule has 31 heavy (non-hydrogen) atoms. The van der Waals surface area contributed by atoms with E-state index in [2.05, 4.69) is 41.8 Å². The lowest BCUT2D eigenvalue weighted by Gasteiger charge is -2.06. The van der Waals surface area contributed by atoms with Gasteiger partial charge in [-0.25, -0.2) is 4.79 Å². The molecule has 1 N–H and O–H groups in total. The maximum Gasteiger partial charge on any atom is 0.335 e. The molecule has 0 radical (unpaired) electrons. The van der Waals surface area contributed by atoms with Gasteiger partial charge in [0.1, 0.15) is 0 Å². The van der Waals surface area contributed by atoms with E-state index in [0.29, 0.717) is 22.7 Å². The lowest BCUT2D eigenvalue weighted by molar-refractivity contribution is 0.0697. The van der Waals surface area contributed by atoms with Crippen molar-refractivity contribution in [3.63, 3.8) is 0 Å². The normalized spacial score (nSPS) is 11.5. The van der Waals surface area contributed by atoms with Crippen LogP contribution in [0.25, 0.3) is 22.6 Å². The van der Waals surface area contributed by atoms with E-state index in [9.17, 15) is 10.1 Å². The number of carbonyl (C=O) groups is 1. The molecule has 0 unspecified atom stereocenters. The van der Waals surface area contributed by atoms with Crippen LogP contribution in [0, 0.1) is 18.3 Å². The Bertz CT molecular complexity index is 1340. The molecule has 0 saturated heterocycles. The second-order valence-electron chi connectivity index (χ2n) is 7.41. The quantitative estimate of drug-likeness (QED) is 0.375. The fourth-order valence-corrected chi connectivity index (χ4v) is 3.72. The fourth-order valence-electron chi connectivity index (χ4n) is 3.56. The maximum atomic E-state index is 11.1. The summed E-state index contributed by atoms with van der Waals surface area (Å²) in [5, 5.41) is 20.5. The number of allylic oxidation sites excluding steroid dienone is 1. The van der Waals surface area contributed by atoms with Crippen LogP contribution in [0.4, 0.5) is 0 Å². The monoisotopic (exact) mass is 426 g/mol. The third kappa shape index (κ3) is 4.37. The van der Waals surface area contributed by atoms with Crippen LogP contribution in [0.3, 0.4) is 0 Å². The smallest absolute Gasteiger partial charge is 0.335 e. The first-order chi connectivity index (χ1) is 14.9. The molecule has 0 saturated carbocycles. The van der Waals surface area contributed by atoms with E-state index in [0.717, 1.165) is 16.5 Å². The van der Waals surface area contributed by atoms with Crippen LogP contribution in [0.1, 0.15) is 32.6 Å². The van der Waals surface area contributed by atoms with Crippen LogP contribution in [0.5, 0.6) is 0 Å². The molecule has 4 aromatic rings. The minimum atomic E-state index is -0.995. The summed E-state index contributed by atoms with van der Waals surface area (Å²) in [6.07, 6.45) is 3.85. The number of nitriles is 1. The number of aromatic nitrogens is 1. The van der Waals surface area contributed by atoms with Gasteiger partial charge in [0.25, 0.3) is 0 Å². The number of carboxylic acids is 1. The summed E-state index contributed by atoms with van der Waals surface area (Å²) in [5.74, 6) is -0.995. The highest BCUT2D eigenvalue weighted by Gasteiger charge is 2.11. The van der Waals surface area contributed by atoms with Gasteiger partial charge in [0.05, 0.1) is 22.7 Å². The molecule has 0 atom stereocenters. The largest absolute Gasteiger partial charge is 0.478 e. The summed E-state index contributed by atoms with van der Waals surface area (Å²) in [6.45, 7) is 2.74. The van der Waals surface area contributed by atoms with Gasteiger partial charge < -0.3 is 9.67 Å². The van der Waals surface area contributed by atoms with Gasteiger partial charge >= 0.3 is 5.97 Å². The molecule has 1 aromatic heterocycles.